The molecule has 0 aliphatic carbocycles. The highest BCUT2D eigenvalue weighted by molar-refractivity contribution is 6.37. The molecule has 3 aliphatic rings. The molecule has 41 heavy (non-hydrogen) atoms. The normalized spacial score (nSPS) is 18.0. The summed E-state index contributed by atoms with van der Waals surface area (Å²) >= 11 is 0. The van der Waals surface area contributed by atoms with E-state index >= 15 is 0 Å². The van der Waals surface area contributed by atoms with Gasteiger partial charge in [0.05, 0.1) is 29.1 Å². The molecule has 3 aromatic rings. The molecule has 1 saturated heterocycles. The van der Waals surface area contributed by atoms with E-state index in [9.17, 15) is 9.59 Å². The number of nitrogens with one attached hydrogen (secondary N) is 2. The van der Waals surface area contributed by atoms with Crippen molar-refractivity contribution in [3.8, 4) is 11.5 Å². The van der Waals surface area contributed by atoms with Crippen LogP contribution < -0.4 is 20.1 Å². The molecule has 0 spiro atoms. The molecule has 212 valence electrons. The zero-order valence-electron chi connectivity index (χ0n) is 23.4. The fraction of sp³-hybridized carbons (Fsp3) is 0.312. The number of likely N-dealkylation sites (N-methyl/N-ethyl adjacent to an activating group) is 1. The quantitative estimate of drug-likeness (QED) is 0.330. The van der Waals surface area contributed by atoms with Crippen LogP contribution >= 0.6 is 0 Å². The maximum atomic E-state index is 13.4. The Morgan fingerprint density at radius 1 is 0.927 bits per heavy atom. The van der Waals surface area contributed by atoms with Crippen molar-refractivity contribution in [1.29, 1.82) is 0 Å². The number of benzene rings is 3. The van der Waals surface area contributed by atoms with E-state index in [0.29, 0.717) is 52.8 Å². The highest BCUT2D eigenvalue weighted by Crippen LogP contribution is 2.40. The summed E-state index contributed by atoms with van der Waals surface area (Å²) in [4.78, 5) is 30.6. The van der Waals surface area contributed by atoms with E-state index < -0.39 is 5.97 Å². The number of rotatable bonds is 7. The van der Waals surface area contributed by atoms with Gasteiger partial charge < -0.3 is 29.7 Å². The van der Waals surface area contributed by atoms with Crippen LogP contribution in [0, 0.1) is 0 Å². The highest BCUT2D eigenvalue weighted by Gasteiger charge is 2.30. The maximum Gasteiger partial charge on any atom is 0.338 e. The number of fused-ring (bicyclic) bond motifs is 2. The van der Waals surface area contributed by atoms with Crippen LogP contribution in [0.5, 0.6) is 11.5 Å². The van der Waals surface area contributed by atoms with Crippen molar-refractivity contribution in [3.05, 3.63) is 82.9 Å². The first-order chi connectivity index (χ1) is 20.0. The van der Waals surface area contributed by atoms with Gasteiger partial charge in [-0.2, -0.15) is 0 Å². The number of esters is 1. The monoisotopic (exact) mass is 554 g/mol. The van der Waals surface area contributed by atoms with Crippen molar-refractivity contribution in [2.24, 2.45) is 0 Å². The van der Waals surface area contributed by atoms with Crippen LogP contribution in [-0.4, -0.2) is 74.7 Å². The molecular weight excluding hydrogens is 520 g/mol. The first kappa shape index (κ1) is 26.9. The Labute approximate surface area is 239 Å². The van der Waals surface area contributed by atoms with Crippen molar-refractivity contribution in [1.82, 2.24) is 9.80 Å². The van der Waals surface area contributed by atoms with Gasteiger partial charge in [0.1, 0.15) is 13.2 Å². The lowest BCUT2D eigenvalue weighted by atomic mass is 9.98. The minimum absolute atomic E-state index is 0.259. The minimum Gasteiger partial charge on any atom is -0.486 e. The molecule has 0 atom stereocenters. The standard InChI is InChI=1S/C32H34N4O5/c1-3-39-32(38)23-6-10-25-26(18-23)34-31(37)29(25)30(22-7-11-27-28(19-22)41-17-16-40-27)33-24-8-4-21(5-9-24)20-36-14-12-35(2)13-15-36/h4-11,18-19,33H,3,12-17,20H2,1-2H3,(H,34,37)/b30-29-. The maximum absolute atomic E-state index is 13.4. The van der Waals surface area contributed by atoms with E-state index in [0.717, 1.165) is 44.0 Å². The second-order valence-electron chi connectivity index (χ2n) is 10.4. The first-order valence-corrected chi connectivity index (χ1v) is 14.0. The van der Waals surface area contributed by atoms with E-state index in [1.54, 1.807) is 25.1 Å². The van der Waals surface area contributed by atoms with Gasteiger partial charge in [0.2, 0.25) is 0 Å². The fourth-order valence-corrected chi connectivity index (χ4v) is 5.34. The number of hydrogen-bond acceptors (Lipinski definition) is 8. The van der Waals surface area contributed by atoms with E-state index in [1.807, 2.05) is 30.3 Å². The second-order valence-corrected chi connectivity index (χ2v) is 10.4. The van der Waals surface area contributed by atoms with Gasteiger partial charge in [-0.1, -0.05) is 18.2 Å². The molecule has 0 saturated carbocycles. The Kier molecular flexibility index (Phi) is 7.63. The molecule has 0 aromatic heterocycles. The van der Waals surface area contributed by atoms with Crippen molar-refractivity contribution in [2.75, 3.05) is 63.7 Å². The molecule has 0 radical (unpaired) electrons. The molecule has 3 aromatic carbocycles. The molecular formula is C32H34N4O5. The number of carbonyl (C=O) groups is 2. The Hall–Kier alpha value is -4.34. The van der Waals surface area contributed by atoms with Gasteiger partial charge in [-0.15, -0.1) is 0 Å². The van der Waals surface area contributed by atoms with Crippen molar-refractivity contribution < 1.29 is 23.8 Å². The number of carbonyl (C=O) groups excluding carboxylic acids is 2. The predicted octanol–water partition coefficient (Wildman–Crippen LogP) is 4.31. The van der Waals surface area contributed by atoms with Crippen molar-refractivity contribution >= 4 is 34.5 Å². The Balaban J connectivity index is 1.34. The van der Waals surface area contributed by atoms with Gasteiger partial charge in [-0.3, -0.25) is 9.69 Å². The molecule has 3 aliphatic heterocycles. The lowest BCUT2D eigenvalue weighted by molar-refractivity contribution is -0.110. The molecule has 2 N–H and O–H groups in total. The Morgan fingerprint density at radius 2 is 1.66 bits per heavy atom. The summed E-state index contributed by atoms with van der Waals surface area (Å²) in [6, 6.07) is 19.1. The van der Waals surface area contributed by atoms with Gasteiger partial charge >= 0.3 is 5.97 Å². The third-order valence-electron chi connectivity index (χ3n) is 7.58. The lowest BCUT2D eigenvalue weighted by Gasteiger charge is -2.32. The number of piperazine rings is 1. The summed E-state index contributed by atoms with van der Waals surface area (Å²) < 4.78 is 16.7. The van der Waals surface area contributed by atoms with Gasteiger partial charge in [0, 0.05) is 49.5 Å². The molecule has 9 nitrogen and oxygen atoms in total. The summed E-state index contributed by atoms with van der Waals surface area (Å²) in [6.45, 7) is 8.18. The van der Waals surface area contributed by atoms with Gasteiger partial charge in [0.25, 0.3) is 5.91 Å². The zero-order valence-corrected chi connectivity index (χ0v) is 23.4. The summed E-state index contributed by atoms with van der Waals surface area (Å²) in [7, 11) is 2.16. The smallest absolute Gasteiger partial charge is 0.338 e. The van der Waals surface area contributed by atoms with E-state index in [1.165, 1.54) is 5.56 Å². The average molecular weight is 555 g/mol. The van der Waals surface area contributed by atoms with Crippen LogP contribution in [-0.2, 0) is 16.1 Å². The summed E-state index contributed by atoms with van der Waals surface area (Å²) in [5, 5.41) is 6.45. The molecule has 0 bridgehead atoms. The van der Waals surface area contributed by atoms with Crippen molar-refractivity contribution in [2.45, 2.75) is 13.5 Å². The van der Waals surface area contributed by atoms with E-state index in [-0.39, 0.29) is 12.5 Å². The molecule has 3 heterocycles. The van der Waals surface area contributed by atoms with Crippen LogP contribution in [0.2, 0.25) is 0 Å². The molecule has 1 amide bonds. The van der Waals surface area contributed by atoms with Crippen LogP contribution in [0.3, 0.4) is 0 Å². The predicted molar refractivity (Wildman–Crippen MR) is 158 cm³/mol. The number of nitrogens with zero attached hydrogens (tertiary/aromatic N) is 2. The topological polar surface area (TPSA) is 92.4 Å². The third-order valence-corrected chi connectivity index (χ3v) is 7.58. The number of amides is 1. The number of ether oxygens (including phenoxy) is 3. The number of anilines is 2. The summed E-state index contributed by atoms with van der Waals surface area (Å²) in [5.41, 5.74) is 5.64. The van der Waals surface area contributed by atoms with Gasteiger partial charge in [-0.05, 0) is 62.0 Å². The first-order valence-electron chi connectivity index (χ1n) is 14.0. The fourth-order valence-electron chi connectivity index (χ4n) is 5.34. The Bertz CT molecular complexity index is 1490. The lowest BCUT2D eigenvalue weighted by Crippen LogP contribution is -2.43. The van der Waals surface area contributed by atoms with Crippen LogP contribution in [0.1, 0.15) is 34.0 Å². The molecule has 6 rings (SSSR count). The molecule has 0 unspecified atom stereocenters. The van der Waals surface area contributed by atoms with Crippen LogP contribution in [0.15, 0.2) is 60.7 Å². The minimum atomic E-state index is -0.427. The third kappa shape index (κ3) is 5.77. The zero-order chi connectivity index (χ0) is 28.3. The number of hydrogen-bond donors (Lipinski definition) is 2. The SMILES string of the molecule is CCOC(=O)c1ccc2c(c1)NC(=O)/C2=C(\Nc1ccc(CN2CCN(C)CC2)cc1)c1ccc2c(c1)OCCO2. The van der Waals surface area contributed by atoms with Gasteiger partial charge in [-0.25, -0.2) is 4.79 Å². The van der Waals surface area contributed by atoms with Gasteiger partial charge in [0.15, 0.2) is 11.5 Å². The highest BCUT2D eigenvalue weighted by atomic mass is 16.6. The summed E-state index contributed by atoms with van der Waals surface area (Å²) in [5.74, 6) is 0.620. The van der Waals surface area contributed by atoms with Crippen LogP contribution in [0.4, 0.5) is 11.4 Å². The summed E-state index contributed by atoms with van der Waals surface area (Å²) in [6.07, 6.45) is 0. The molecule has 1 fully saturated rings. The molecule has 9 heteroatoms. The van der Waals surface area contributed by atoms with Crippen LogP contribution in [0.25, 0.3) is 11.3 Å². The average Bonchev–Trinajstić information content (AvgIpc) is 3.32. The van der Waals surface area contributed by atoms with E-state index in [4.69, 9.17) is 14.2 Å². The largest absolute Gasteiger partial charge is 0.486 e. The Morgan fingerprint density at radius 3 is 2.41 bits per heavy atom. The van der Waals surface area contributed by atoms with E-state index in [2.05, 4.69) is 39.6 Å². The second kappa shape index (κ2) is 11.6. The van der Waals surface area contributed by atoms with Crippen molar-refractivity contribution in [3.63, 3.8) is 0 Å².